The summed E-state index contributed by atoms with van der Waals surface area (Å²) in [6.45, 7) is 11.9. The molecular weight excluding hydrogens is 488 g/mol. The van der Waals surface area contributed by atoms with Gasteiger partial charge in [-0.25, -0.2) is 4.57 Å². The number of furan rings is 1. The molecule has 3 heterocycles. The van der Waals surface area contributed by atoms with Gasteiger partial charge in [0.15, 0.2) is 22.3 Å². The third-order valence-electron chi connectivity index (χ3n) is 10.2. The van der Waals surface area contributed by atoms with Crippen LogP contribution in [-0.2, 0) is 17.4 Å². The van der Waals surface area contributed by atoms with Crippen LogP contribution in [0.5, 0.6) is 0 Å². The van der Waals surface area contributed by atoms with E-state index in [2.05, 4.69) is 129 Å². The lowest BCUT2D eigenvalue weighted by atomic mass is 9.61. The number of fused-ring (bicyclic) bond motifs is 8. The number of benzene rings is 4. The maximum atomic E-state index is 6.77. The third kappa shape index (κ3) is 3.21. The lowest BCUT2D eigenvalue weighted by Gasteiger charge is -2.47. The van der Waals surface area contributed by atoms with Gasteiger partial charge in [0, 0.05) is 16.2 Å². The van der Waals surface area contributed by atoms with E-state index < -0.39 is 0 Å². The van der Waals surface area contributed by atoms with Gasteiger partial charge in [0.05, 0.1) is 5.56 Å². The fraction of sp³-hybridized carbons (Fsp3) is 0.324. The summed E-state index contributed by atoms with van der Waals surface area (Å²) < 4.78 is 11.9. The average molecular weight is 528 g/mol. The molecule has 0 spiro atoms. The second-order valence-corrected chi connectivity index (χ2v) is 12.0. The van der Waals surface area contributed by atoms with Gasteiger partial charge in [-0.3, -0.25) is 0 Å². The number of unbranched alkanes of at least 4 members (excludes halogenated alkanes) is 1. The van der Waals surface area contributed by atoms with Crippen LogP contribution in [0.15, 0.2) is 89.3 Å². The Hall–Kier alpha value is -3.85. The Morgan fingerprint density at radius 3 is 2.40 bits per heavy atom. The van der Waals surface area contributed by atoms with Crippen LogP contribution in [0.3, 0.4) is 0 Å². The fourth-order valence-electron chi connectivity index (χ4n) is 7.51. The molecule has 0 fully saturated rings. The smallest absolute Gasteiger partial charge is 0.295 e. The van der Waals surface area contributed by atoms with Gasteiger partial charge in [0.1, 0.15) is 11.1 Å². The molecular formula is C37H39N2O+. The summed E-state index contributed by atoms with van der Waals surface area (Å²) in [4.78, 5) is 0. The van der Waals surface area contributed by atoms with Crippen LogP contribution < -0.4 is 4.57 Å². The van der Waals surface area contributed by atoms with Crippen molar-refractivity contribution in [1.82, 2.24) is 4.57 Å². The molecule has 0 N–H and O–H groups in total. The van der Waals surface area contributed by atoms with Crippen LogP contribution in [0.25, 0.3) is 50.0 Å². The van der Waals surface area contributed by atoms with Crippen LogP contribution in [0.2, 0.25) is 0 Å². The van der Waals surface area contributed by atoms with Crippen LogP contribution in [0.1, 0.15) is 71.4 Å². The molecule has 2 unspecified atom stereocenters. The molecule has 2 aromatic heterocycles. The Balaban J connectivity index is 1.60. The first-order valence-electron chi connectivity index (χ1n) is 15.1. The molecule has 6 aromatic rings. The van der Waals surface area contributed by atoms with Crippen molar-refractivity contribution in [2.24, 2.45) is 0 Å². The van der Waals surface area contributed by atoms with Crippen LogP contribution in [-0.4, -0.2) is 4.57 Å². The van der Waals surface area contributed by atoms with Crippen molar-refractivity contribution in [3.05, 3.63) is 96.1 Å². The third-order valence-corrected chi connectivity index (χ3v) is 10.2. The van der Waals surface area contributed by atoms with E-state index in [9.17, 15) is 0 Å². The van der Waals surface area contributed by atoms with Gasteiger partial charge in [-0.05, 0) is 74.1 Å². The van der Waals surface area contributed by atoms with Gasteiger partial charge in [0.25, 0.3) is 5.82 Å². The Morgan fingerprint density at radius 1 is 0.800 bits per heavy atom. The van der Waals surface area contributed by atoms with E-state index in [0.29, 0.717) is 0 Å². The summed E-state index contributed by atoms with van der Waals surface area (Å²) in [6.07, 6.45) is 5.58. The molecule has 0 radical (unpaired) electrons. The van der Waals surface area contributed by atoms with Crippen LogP contribution in [0.4, 0.5) is 0 Å². The van der Waals surface area contributed by atoms with Crippen molar-refractivity contribution >= 4 is 33.0 Å². The predicted octanol–water partition coefficient (Wildman–Crippen LogP) is 9.63. The van der Waals surface area contributed by atoms with Gasteiger partial charge >= 0.3 is 0 Å². The number of hydrogen-bond donors (Lipinski definition) is 0. The molecule has 7 rings (SSSR count). The minimum Gasteiger partial charge on any atom is -0.452 e. The molecule has 0 bridgehead atoms. The standard InChI is InChI=1S/C37H39N2O/c1-6-9-15-25-22-23-26-27-17-14-21-32(34(27)40-33(26)24-25)38-30-19-12-13-20-31(30)39-35(38)28-16-10-11-18-29(28)36(4,7-2)37(39,5)8-3/h10-14,16-24H,6-9,15H2,1-5H3/q+1. The number of rotatable bonds is 6. The van der Waals surface area contributed by atoms with Gasteiger partial charge in [-0.15, -0.1) is 0 Å². The van der Waals surface area contributed by atoms with E-state index in [4.69, 9.17) is 4.42 Å². The summed E-state index contributed by atoms with van der Waals surface area (Å²) in [5.74, 6) is 1.24. The van der Waals surface area contributed by atoms with Gasteiger partial charge in [-0.2, -0.15) is 4.57 Å². The summed E-state index contributed by atoms with van der Waals surface area (Å²) in [6, 6.07) is 31.4. The maximum Gasteiger partial charge on any atom is 0.295 e. The van der Waals surface area contributed by atoms with E-state index in [0.717, 1.165) is 36.1 Å². The first kappa shape index (κ1) is 25.1. The molecule has 3 heteroatoms. The Labute approximate surface area is 237 Å². The first-order chi connectivity index (χ1) is 19.5. The Morgan fingerprint density at radius 2 is 1.60 bits per heavy atom. The van der Waals surface area contributed by atoms with Crippen molar-refractivity contribution < 1.29 is 8.98 Å². The molecule has 0 saturated heterocycles. The number of hydrogen-bond acceptors (Lipinski definition) is 1. The Kier molecular flexibility index (Phi) is 5.71. The molecule has 3 nitrogen and oxygen atoms in total. The lowest BCUT2D eigenvalue weighted by Crippen LogP contribution is -2.67. The normalized spacial score (nSPS) is 20.3. The molecule has 202 valence electrons. The SMILES string of the molecule is CCCCc1ccc2c(c1)oc1c(-n3c4[n+](c5ccccc53)C(C)(CC)C(C)(CC)c3ccccc3-4)cccc12. The number of imidazole rings is 1. The lowest BCUT2D eigenvalue weighted by molar-refractivity contribution is -0.743. The number of aryl methyl sites for hydroxylation is 1. The number of para-hydroxylation sites is 3. The van der Waals surface area contributed by atoms with E-state index in [-0.39, 0.29) is 11.0 Å². The predicted molar refractivity (Wildman–Crippen MR) is 166 cm³/mol. The van der Waals surface area contributed by atoms with Crippen molar-refractivity contribution in [1.29, 1.82) is 0 Å². The topological polar surface area (TPSA) is 21.9 Å². The molecule has 1 aliphatic heterocycles. The number of aromatic nitrogens is 2. The van der Waals surface area contributed by atoms with Gasteiger partial charge in [0.2, 0.25) is 0 Å². The van der Waals surface area contributed by atoms with E-state index in [1.54, 1.807) is 0 Å². The van der Waals surface area contributed by atoms with Crippen molar-refractivity contribution in [2.75, 3.05) is 0 Å². The zero-order chi connectivity index (χ0) is 27.6. The minimum absolute atomic E-state index is 0.00870. The molecule has 0 saturated carbocycles. The molecule has 0 aliphatic carbocycles. The minimum atomic E-state index is -0.105. The zero-order valence-corrected chi connectivity index (χ0v) is 24.4. The number of nitrogens with zero attached hydrogens (tertiary/aromatic N) is 2. The molecule has 40 heavy (non-hydrogen) atoms. The van der Waals surface area contributed by atoms with Crippen molar-refractivity contribution in [3.8, 4) is 17.1 Å². The van der Waals surface area contributed by atoms with Gasteiger partial charge < -0.3 is 4.42 Å². The molecule has 2 atom stereocenters. The quantitative estimate of drug-likeness (QED) is 0.198. The highest BCUT2D eigenvalue weighted by atomic mass is 16.3. The summed E-state index contributed by atoms with van der Waals surface area (Å²) in [7, 11) is 0. The summed E-state index contributed by atoms with van der Waals surface area (Å²) in [5, 5.41) is 2.36. The molecule has 1 aliphatic rings. The highest BCUT2D eigenvalue weighted by molar-refractivity contribution is 6.08. The highest BCUT2D eigenvalue weighted by Crippen LogP contribution is 2.51. The van der Waals surface area contributed by atoms with Crippen molar-refractivity contribution in [3.63, 3.8) is 0 Å². The molecule has 4 aromatic carbocycles. The fourth-order valence-corrected chi connectivity index (χ4v) is 7.51. The van der Waals surface area contributed by atoms with Gasteiger partial charge in [-0.1, -0.05) is 88.7 Å². The second kappa shape index (κ2) is 9.09. The van der Waals surface area contributed by atoms with Crippen LogP contribution >= 0.6 is 0 Å². The monoisotopic (exact) mass is 527 g/mol. The second-order valence-electron chi connectivity index (χ2n) is 12.0. The maximum absolute atomic E-state index is 6.77. The first-order valence-corrected chi connectivity index (χ1v) is 15.1. The summed E-state index contributed by atoms with van der Waals surface area (Å²) >= 11 is 0. The summed E-state index contributed by atoms with van der Waals surface area (Å²) in [5.41, 5.74) is 9.49. The van der Waals surface area contributed by atoms with E-state index >= 15 is 0 Å². The van der Waals surface area contributed by atoms with Crippen molar-refractivity contribution in [2.45, 2.75) is 77.7 Å². The van der Waals surface area contributed by atoms with Crippen LogP contribution in [0, 0.1) is 0 Å². The molecule has 0 amide bonds. The Bertz CT molecular complexity index is 1910. The highest BCUT2D eigenvalue weighted by Gasteiger charge is 2.56. The zero-order valence-electron chi connectivity index (χ0n) is 24.4. The largest absolute Gasteiger partial charge is 0.452 e. The van der Waals surface area contributed by atoms with E-state index in [1.165, 1.54) is 57.2 Å². The average Bonchev–Trinajstić information content (AvgIpc) is 3.55. The van der Waals surface area contributed by atoms with E-state index in [1.807, 2.05) is 0 Å².